The van der Waals surface area contributed by atoms with Crippen molar-refractivity contribution in [2.75, 3.05) is 6.61 Å². The number of carbonyl (C=O) groups excluding carboxylic acids is 1. The lowest BCUT2D eigenvalue weighted by atomic mass is 9.93. The fraction of sp³-hybridized carbons (Fsp3) is 0.300. The zero-order valence-electron chi connectivity index (χ0n) is 8.01. The van der Waals surface area contributed by atoms with E-state index in [1.807, 2.05) is 0 Å². The maximum atomic E-state index is 13.6. The number of hydrogen-bond donors (Lipinski definition) is 1. The fourth-order valence-electron chi connectivity index (χ4n) is 1.57. The van der Waals surface area contributed by atoms with Crippen LogP contribution in [0.25, 0.3) is 0 Å². The van der Waals surface area contributed by atoms with Crippen LogP contribution in [0.1, 0.15) is 12.5 Å². The van der Waals surface area contributed by atoms with Crippen molar-refractivity contribution >= 4 is 22.0 Å². The predicted octanol–water partition coefficient (Wildman–Crippen LogP) is 2.54. The van der Waals surface area contributed by atoms with Gasteiger partial charge < -0.3 is 10.1 Å². The molecule has 1 aliphatic rings. The molecule has 0 unspecified atom stereocenters. The number of cyclic esters (lactones) is 1. The van der Waals surface area contributed by atoms with Gasteiger partial charge in [0.1, 0.15) is 18.0 Å². The van der Waals surface area contributed by atoms with Crippen molar-refractivity contribution in [2.24, 2.45) is 0 Å². The second kappa shape index (κ2) is 3.48. The molecule has 2 rings (SSSR count). The molecule has 1 atom stereocenters. The minimum Gasteiger partial charge on any atom is -0.447 e. The number of hydrogen-bond acceptors (Lipinski definition) is 2. The van der Waals surface area contributed by atoms with Crippen molar-refractivity contribution in [3.63, 3.8) is 0 Å². The summed E-state index contributed by atoms with van der Waals surface area (Å²) in [5.74, 6) is -0.355. The summed E-state index contributed by atoms with van der Waals surface area (Å²) in [7, 11) is 0. The minimum absolute atomic E-state index is 0.138. The van der Waals surface area contributed by atoms with Gasteiger partial charge in [-0.1, -0.05) is 15.9 Å². The molecule has 0 aromatic heterocycles. The van der Waals surface area contributed by atoms with E-state index in [-0.39, 0.29) is 12.4 Å². The van der Waals surface area contributed by atoms with E-state index < -0.39 is 11.6 Å². The van der Waals surface area contributed by atoms with E-state index in [0.717, 1.165) is 4.47 Å². The van der Waals surface area contributed by atoms with Gasteiger partial charge in [0.2, 0.25) is 0 Å². The van der Waals surface area contributed by atoms with E-state index in [4.69, 9.17) is 4.74 Å². The van der Waals surface area contributed by atoms with Crippen LogP contribution in [0.4, 0.5) is 9.18 Å². The number of alkyl carbamates (subject to hydrolysis) is 1. The Hall–Kier alpha value is -1.10. The molecule has 0 bridgehead atoms. The van der Waals surface area contributed by atoms with E-state index in [1.54, 1.807) is 19.1 Å². The van der Waals surface area contributed by atoms with E-state index in [2.05, 4.69) is 21.2 Å². The third-order valence-corrected chi connectivity index (χ3v) is 2.89. The number of benzene rings is 1. The van der Waals surface area contributed by atoms with Gasteiger partial charge in [0.15, 0.2) is 0 Å². The number of nitrogens with one attached hydrogen (secondary N) is 1. The van der Waals surface area contributed by atoms with Crippen LogP contribution in [0.15, 0.2) is 22.7 Å². The standard InChI is InChI=1S/C10H9BrFNO2/c1-10(5-15-9(14)13-10)7-4-6(11)2-3-8(7)12/h2-4H,5H2,1H3,(H,13,14)/t10-/m1/s1. The molecule has 1 fully saturated rings. The summed E-state index contributed by atoms with van der Waals surface area (Å²) in [6.07, 6.45) is -0.517. The maximum Gasteiger partial charge on any atom is 0.408 e. The van der Waals surface area contributed by atoms with E-state index >= 15 is 0 Å². The zero-order valence-corrected chi connectivity index (χ0v) is 9.60. The molecular formula is C10H9BrFNO2. The molecule has 1 heterocycles. The summed E-state index contributed by atoms with van der Waals surface area (Å²) in [4.78, 5) is 11.0. The van der Waals surface area contributed by atoms with Crippen LogP contribution in [0, 0.1) is 5.82 Å². The van der Waals surface area contributed by atoms with Gasteiger partial charge in [0, 0.05) is 10.0 Å². The average molecular weight is 274 g/mol. The number of ether oxygens (including phenoxy) is 1. The Bertz CT molecular complexity index is 424. The summed E-state index contributed by atoms with van der Waals surface area (Å²) in [5.41, 5.74) is -0.368. The zero-order chi connectivity index (χ0) is 11.1. The Morgan fingerprint density at radius 2 is 2.33 bits per heavy atom. The largest absolute Gasteiger partial charge is 0.447 e. The van der Waals surface area contributed by atoms with E-state index in [9.17, 15) is 9.18 Å². The summed E-state index contributed by atoms with van der Waals surface area (Å²) < 4.78 is 19.1. The topological polar surface area (TPSA) is 38.3 Å². The van der Waals surface area contributed by atoms with Crippen LogP contribution in [0.3, 0.4) is 0 Å². The lowest BCUT2D eigenvalue weighted by Crippen LogP contribution is -2.38. The highest BCUT2D eigenvalue weighted by atomic mass is 79.9. The van der Waals surface area contributed by atoms with Gasteiger partial charge in [-0.2, -0.15) is 0 Å². The van der Waals surface area contributed by atoms with E-state index in [0.29, 0.717) is 5.56 Å². The van der Waals surface area contributed by atoms with Crippen LogP contribution in [-0.4, -0.2) is 12.7 Å². The molecule has 1 aromatic rings. The molecule has 1 aliphatic heterocycles. The van der Waals surface area contributed by atoms with Crippen LogP contribution in [-0.2, 0) is 10.3 Å². The molecule has 1 N–H and O–H groups in total. The van der Waals surface area contributed by atoms with Crippen molar-refractivity contribution < 1.29 is 13.9 Å². The van der Waals surface area contributed by atoms with Crippen LogP contribution in [0.5, 0.6) is 0 Å². The highest BCUT2D eigenvalue weighted by Gasteiger charge is 2.38. The molecule has 15 heavy (non-hydrogen) atoms. The summed E-state index contributed by atoms with van der Waals surface area (Å²) in [5, 5.41) is 2.59. The van der Waals surface area contributed by atoms with Gasteiger partial charge in [-0.3, -0.25) is 0 Å². The highest BCUT2D eigenvalue weighted by molar-refractivity contribution is 9.10. The highest BCUT2D eigenvalue weighted by Crippen LogP contribution is 2.29. The van der Waals surface area contributed by atoms with Gasteiger partial charge in [-0.25, -0.2) is 9.18 Å². The molecule has 0 aliphatic carbocycles. The third kappa shape index (κ3) is 1.84. The molecule has 0 saturated carbocycles. The Morgan fingerprint density at radius 3 is 2.93 bits per heavy atom. The first kappa shape index (κ1) is 10.4. The van der Waals surface area contributed by atoms with Gasteiger partial charge in [0.25, 0.3) is 0 Å². The second-order valence-electron chi connectivity index (χ2n) is 3.66. The summed E-state index contributed by atoms with van der Waals surface area (Å²) in [6.45, 7) is 1.86. The normalized spacial score (nSPS) is 24.9. The first-order valence-corrected chi connectivity index (χ1v) is 5.21. The second-order valence-corrected chi connectivity index (χ2v) is 4.57. The van der Waals surface area contributed by atoms with Crippen LogP contribution >= 0.6 is 15.9 Å². The molecular weight excluding hydrogens is 265 g/mol. The minimum atomic E-state index is -0.787. The van der Waals surface area contributed by atoms with Crippen molar-refractivity contribution in [1.82, 2.24) is 5.32 Å². The Kier molecular flexibility index (Phi) is 2.42. The number of rotatable bonds is 1. The van der Waals surface area contributed by atoms with Crippen molar-refractivity contribution in [1.29, 1.82) is 0 Å². The van der Waals surface area contributed by atoms with Gasteiger partial charge in [-0.15, -0.1) is 0 Å². The fourth-order valence-corrected chi connectivity index (χ4v) is 1.93. The molecule has 1 saturated heterocycles. The number of amides is 1. The molecule has 80 valence electrons. The van der Waals surface area contributed by atoms with Gasteiger partial charge in [-0.05, 0) is 25.1 Å². The molecule has 5 heteroatoms. The SMILES string of the molecule is C[C@]1(c2cc(Br)ccc2F)COC(=O)N1. The van der Waals surface area contributed by atoms with Crippen LogP contribution < -0.4 is 5.32 Å². The summed E-state index contributed by atoms with van der Waals surface area (Å²) in [6, 6.07) is 4.61. The quantitative estimate of drug-likeness (QED) is 0.854. The maximum absolute atomic E-state index is 13.6. The lowest BCUT2D eigenvalue weighted by Gasteiger charge is -2.22. The van der Waals surface area contributed by atoms with Crippen LogP contribution in [0.2, 0.25) is 0 Å². The van der Waals surface area contributed by atoms with Crippen molar-refractivity contribution in [3.8, 4) is 0 Å². The number of carbonyl (C=O) groups is 1. The monoisotopic (exact) mass is 273 g/mol. The van der Waals surface area contributed by atoms with Crippen molar-refractivity contribution in [2.45, 2.75) is 12.5 Å². The molecule has 1 amide bonds. The third-order valence-electron chi connectivity index (χ3n) is 2.39. The Balaban J connectivity index is 2.44. The molecule has 3 nitrogen and oxygen atoms in total. The number of halogens is 2. The van der Waals surface area contributed by atoms with Crippen molar-refractivity contribution in [3.05, 3.63) is 34.1 Å². The predicted molar refractivity (Wildman–Crippen MR) is 55.9 cm³/mol. The summed E-state index contributed by atoms with van der Waals surface area (Å²) >= 11 is 3.26. The lowest BCUT2D eigenvalue weighted by molar-refractivity contribution is 0.173. The Morgan fingerprint density at radius 1 is 1.60 bits per heavy atom. The first-order chi connectivity index (χ1) is 7.01. The molecule has 1 aromatic carbocycles. The van der Waals surface area contributed by atoms with E-state index in [1.165, 1.54) is 6.07 Å². The average Bonchev–Trinajstić information content (AvgIpc) is 2.52. The molecule has 0 spiro atoms. The molecule has 0 radical (unpaired) electrons. The first-order valence-electron chi connectivity index (χ1n) is 4.42. The Labute approximate surface area is 94.7 Å². The van der Waals surface area contributed by atoms with Gasteiger partial charge >= 0.3 is 6.09 Å². The smallest absolute Gasteiger partial charge is 0.408 e. The van der Waals surface area contributed by atoms with Gasteiger partial charge in [0.05, 0.1) is 0 Å².